The average Bonchev–Trinajstić information content (AvgIpc) is 2.28. The van der Waals surface area contributed by atoms with Crippen molar-refractivity contribution in [2.45, 2.75) is 26.3 Å². The van der Waals surface area contributed by atoms with Crippen LogP contribution in [0, 0.1) is 17.2 Å². The third kappa shape index (κ3) is 2.01. The first-order valence-electron chi connectivity index (χ1n) is 4.40. The topological polar surface area (TPSA) is 61.2 Å². The predicted octanol–water partition coefficient (Wildman–Crippen LogP) is 0.570. The van der Waals surface area contributed by atoms with Gasteiger partial charge in [-0.15, -0.1) is 0 Å². The summed E-state index contributed by atoms with van der Waals surface area (Å²) >= 11 is 0. The van der Waals surface area contributed by atoms with E-state index >= 15 is 0 Å². The number of hydrogen-bond acceptors (Lipinski definition) is 3. The molecular formula is C8H14N2O2S. The van der Waals surface area contributed by atoms with Crippen LogP contribution in [0.1, 0.15) is 20.3 Å². The summed E-state index contributed by atoms with van der Waals surface area (Å²) in [6, 6.07) is 1.54. The van der Waals surface area contributed by atoms with E-state index < -0.39 is 16.1 Å². The van der Waals surface area contributed by atoms with Crippen LogP contribution in [-0.4, -0.2) is 31.1 Å². The van der Waals surface area contributed by atoms with E-state index in [2.05, 4.69) is 0 Å². The maximum atomic E-state index is 11.5. The largest absolute Gasteiger partial charge is 0.215 e. The summed E-state index contributed by atoms with van der Waals surface area (Å²) in [6.07, 6.45) is 0.558. The molecule has 1 rings (SSSR count). The summed E-state index contributed by atoms with van der Waals surface area (Å²) in [5.74, 6) is 0.331. The molecule has 1 aliphatic heterocycles. The van der Waals surface area contributed by atoms with Crippen LogP contribution in [0.15, 0.2) is 0 Å². The molecule has 2 atom stereocenters. The Morgan fingerprint density at radius 3 is 2.62 bits per heavy atom. The van der Waals surface area contributed by atoms with Crippen molar-refractivity contribution < 1.29 is 8.42 Å². The molecule has 0 bridgehead atoms. The Morgan fingerprint density at radius 2 is 2.31 bits per heavy atom. The number of nitrogens with zero attached hydrogens (tertiary/aromatic N) is 2. The van der Waals surface area contributed by atoms with Crippen LogP contribution in [-0.2, 0) is 10.0 Å². The fourth-order valence-corrected chi connectivity index (χ4v) is 3.69. The molecule has 0 spiro atoms. The lowest BCUT2D eigenvalue weighted by Gasteiger charge is -2.18. The molecule has 0 saturated carbocycles. The van der Waals surface area contributed by atoms with Gasteiger partial charge >= 0.3 is 0 Å². The van der Waals surface area contributed by atoms with Crippen LogP contribution < -0.4 is 0 Å². The maximum absolute atomic E-state index is 11.5. The minimum Gasteiger partial charge on any atom is -0.212 e. The molecule has 0 aromatic heterocycles. The fourth-order valence-electron chi connectivity index (χ4n) is 1.61. The second-order valence-corrected chi connectivity index (χ2v) is 5.47. The number of rotatable bonds is 2. The van der Waals surface area contributed by atoms with Crippen LogP contribution in [0.3, 0.4) is 0 Å². The van der Waals surface area contributed by atoms with E-state index in [1.807, 2.05) is 19.9 Å². The van der Waals surface area contributed by atoms with Gasteiger partial charge in [0.05, 0.1) is 11.8 Å². The SMILES string of the molecule is CCC(C#N)N1CC(C)CS1(=O)=O. The Labute approximate surface area is 79.2 Å². The molecule has 0 amide bonds. The highest BCUT2D eigenvalue weighted by atomic mass is 32.2. The Bertz CT molecular complexity index is 318. The first-order chi connectivity index (χ1) is 6.01. The Kier molecular flexibility index (Phi) is 2.94. The van der Waals surface area contributed by atoms with Gasteiger partial charge in [0.2, 0.25) is 10.0 Å². The van der Waals surface area contributed by atoms with Crippen LogP contribution in [0.2, 0.25) is 0 Å². The summed E-state index contributed by atoms with van der Waals surface area (Å²) in [5.41, 5.74) is 0. The second-order valence-electron chi connectivity index (χ2n) is 3.51. The highest BCUT2D eigenvalue weighted by molar-refractivity contribution is 7.89. The zero-order valence-corrected chi connectivity index (χ0v) is 8.71. The van der Waals surface area contributed by atoms with Crippen molar-refractivity contribution in [3.8, 4) is 6.07 Å². The Morgan fingerprint density at radius 1 is 1.69 bits per heavy atom. The number of nitriles is 1. The third-order valence-corrected chi connectivity index (χ3v) is 4.34. The summed E-state index contributed by atoms with van der Waals surface area (Å²) in [7, 11) is -3.15. The van der Waals surface area contributed by atoms with Gasteiger partial charge in [0, 0.05) is 6.54 Å². The first kappa shape index (κ1) is 10.5. The molecule has 2 unspecified atom stereocenters. The molecule has 0 aromatic rings. The first-order valence-corrected chi connectivity index (χ1v) is 6.01. The maximum Gasteiger partial charge on any atom is 0.215 e. The van der Waals surface area contributed by atoms with Crippen molar-refractivity contribution in [1.29, 1.82) is 5.26 Å². The molecule has 1 heterocycles. The van der Waals surface area contributed by atoms with Crippen molar-refractivity contribution >= 4 is 10.0 Å². The lowest BCUT2D eigenvalue weighted by Crippen LogP contribution is -2.35. The molecule has 4 nitrogen and oxygen atoms in total. The zero-order chi connectivity index (χ0) is 10.1. The van der Waals surface area contributed by atoms with Gasteiger partial charge in [-0.1, -0.05) is 13.8 Å². The zero-order valence-electron chi connectivity index (χ0n) is 7.90. The van der Waals surface area contributed by atoms with E-state index in [0.29, 0.717) is 13.0 Å². The summed E-state index contributed by atoms with van der Waals surface area (Å²) in [4.78, 5) is 0. The van der Waals surface area contributed by atoms with Crippen molar-refractivity contribution in [3.05, 3.63) is 0 Å². The van der Waals surface area contributed by atoms with Gasteiger partial charge in [-0.3, -0.25) is 0 Å². The highest BCUT2D eigenvalue weighted by Gasteiger charge is 2.37. The second kappa shape index (κ2) is 3.64. The van der Waals surface area contributed by atoms with Gasteiger partial charge in [0.25, 0.3) is 0 Å². The lowest BCUT2D eigenvalue weighted by molar-refractivity contribution is 0.362. The average molecular weight is 202 g/mol. The van der Waals surface area contributed by atoms with E-state index in [4.69, 9.17) is 5.26 Å². The molecule has 0 radical (unpaired) electrons. The van der Waals surface area contributed by atoms with Crippen LogP contribution in [0.4, 0.5) is 0 Å². The molecule has 74 valence electrons. The minimum absolute atomic E-state index is 0.146. The molecule has 0 aliphatic carbocycles. The van der Waals surface area contributed by atoms with Gasteiger partial charge in [-0.2, -0.15) is 9.57 Å². The minimum atomic E-state index is -3.15. The molecule has 1 saturated heterocycles. The van der Waals surface area contributed by atoms with Gasteiger partial charge in [-0.25, -0.2) is 8.42 Å². The Balaban J connectivity index is 2.88. The normalized spacial score (nSPS) is 29.8. The van der Waals surface area contributed by atoms with Crippen molar-refractivity contribution in [2.75, 3.05) is 12.3 Å². The van der Waals surface area contributed by atoms with Gasteiger partial charge in [0.15, 0.2) is 0 Å². The standard InChI is InChI=1S/C8H14N2O2S/c1-3-8(4-9)10-5-7(2)6-13(10,11)12/h7-8H,3,5-6H2,1-2H3. The summed E-state index contributed by atoms with van der Waals surface area (Å²) < 4.78 is 24.3. The monoisotopic (exact) mass is 202 g/mol. The van der Waals surface area contributed by atoms with E-state index in [0.717, 1.165) is 0 Å². The van der Waals surface area contributed by atoms with Crippen LogP contribution in [0.5, 0.6) is 0 Å². The molecule has 5 heteroatoms. The molecule has 1 aliphatic rings. The van der Waals surface area contributed by atoms with Crippen molar-refractivity contribution in [3.63, 3.8) is 0 Å². The summed E-state index contributed by atoms with van der Waals surface area (Å²) in [6.45, 7) is 4.21. The van der Waals surface area contributed by atoms with Gasteiger partial charge < -0.3 is 0 Å². The van der Waals surface area contributed by atoms with Crippen LogP contribution >= 0.6 is 0 Å². The number of sulfonamides is 1. The van der Waals surface area contributed by atoms with Gasteiger partial charge in [0.1, 0.15) is 6.04 Å². The Hall–Kier alpha value is -0.600. The third-order valence-electron chi connectivity index (χ3n) is 2.23. The fraction of sp³-hybridized carbons (Fsp3) is 0.875. The van der Waals surface area contributed by atoms with Gasteiger partial charge in [-0.05, 0) is 12.3 Å². The molecule has 0 aromatic carbocycles. The van der Waals surface area contributed by atoms with Crippen LogP contribution in [0.25, 0.3) is 0 Å². The molecule has 13 heavy (non-hydrogen) atoms. The lowest BCUT2D eigenvalue weighted by atomic mass is 10.2. The van der Waals surface area contributed by atoms with Crippen molar-refractivity contribution in [1.82, 2.24) is 4.31 Å². The van der Waals surface area contributed by atoms with E-state index in [1.165, 1.54) is 4.31 Å². The number of hydrogen-bond donors (Lipinski definition) is 0. The quantitative estimate of drug-likeness (QED) is 0.657. The van der Waals surface area contributed by atoms with E-state index in [9.17, 15) is 8.42 Å². The predicted molar refractivity (Wildman–Crippen MR) is 49.3 cm³/mol. The van der Waals surface area contributed by atoms with E-state index in [-0.39, 0.29) is 11.7 Å². The molecular weight excluding hydrogens is 188 g/mol. The van der Waals surface area contributed by atoms with E-state index in [1.54, 1.807) is 0 Å². The summed E-state index contributed by atoms with van der Waals surface area (Å²) in [5, 5.41) is 8.75. The molecule has 0 N–H and O–H groups in total. The molecule has 1 fully saturated rings. The highest BCUT2D eigenvalue weighted by Crippen LogP contribution is 2.22. The smallest absolute Gasteiger partial charge is 0.212 e. The van der Waals surface area contributed by atoms with Crippen molar-refractivity contribution in [2.24, 2.45) is 5.92 Å².